The van der Waals surface area contributed by atoms with Crippen LogP contribution in [-0.4, -0.2) is 41.7 Å². The van der Waals surface area contributed by atoms with Crippen molar-refractivity contribution in [1.82, 2.24) is 4.90 Å². The molecule has 3 N–H and O–H groups in total. The lowest BCUT2D eigenvalue weighted by Crippen LogP contribution is -2.38. The van der Waals surface area contributed by atoms with E-state index in [1.54, 1.807) is 18.9 Å². The minimum Gasteiger partial charge on any atom is -0.393 e. The largest absolute Gasteiger partial charge is 0.393 e. The fourth-order valence-electron chi connectivity index (χ4n) is 1.41. The van der Waals surface area contributed by atoms with Crippen LogP contribution in [0.1, 0.15) is 6.92 Å². The van der Waals surface area contributed by atoms with Gasteiger partial charge in [0.2, 0.25) is 5.91 Å². The van der Waals surface area contributed by atoms with Gasteiger partial charge in [0.05, 0.1) is 12.1 Å². The molecule has 1 rings (SSSR count). The second kappa shape index (κ2) is 2.79. The molecule has 1 aliphatic heterocycles. The van der Waals surface area contributed by atoms with Gasteiger partial charge >= 0.3 is 0 Å². The Balaban J connectivity index is 2.67. The number of likely N-dealkylation sites (tertiary alicyclic amines) is 1. The highest BCUT2D eigenvalue weighted by atomic mass is 16.3. The molecule has 0 aromatic heterocycles. The minimum atomic E-state index is -0.514. The third kappa shape index (κ3) is 1.36. The molecule has 0 aromatic carbocycles. The van der Waals surface area contributed by atoms with E-state index in [0.717, 1.165) is 0 Å². The number of hydrogen-bond donors (Lipinski definition) is 2. The van der Waals surface area contributed by atoms with Crippen molar-refractivity contribution < 1.29 is 9.90 Å². The monoisotopic (exact) mass is 158 g/mol. The van der Waals surface area contributed by atoms with Crippen molar-refractivity contribution in [2.45, 2.75) is 19.1 Å². The van der Waals surface area contributed by atoms with E-state index in [2.05, 4.69) is 0 Å². The van der Waals surface area contributed by atoms with E-state index >= 15 is 0 Å². The van der Waals surface area contributed by atoms with Gasteiger partial charge in [-0.1, -0.05) is 0 Å². The van der Waals surface area contributed by atoms with E-state index < -0.39 is 12.1 Å². The Labute approximate surface area is 66.0 Å². The van der Waals surface area contributed by atoms with E-state index in [0.29, 0.717) is 6.54 Å². The molecule has 4 nitrogen and oxygen atoms in total. The number of amides is 1. The van der Waals surface area contributed by atoms with Gasteiger partial charge in [0.15, 0.2) is 0 Å². The van der Waals surface area contributed by atoms with Gasteiger partial charge in [0.25, 0.3) is 0 Å². The average Bonchev–Trinajstić information content (AvgIpc) is 2.17. The standard InChI is InChI=1S/C7H14N2O2/c1-4(10)5-3-9(2)7(11)6(5)8/h4-6,10H,3,8H2,1-2H3. The van der Waals surface area contributed by atoms with Crippen LogP contribution in [0.4, 0.5) is 0 Å². The Kier molecular flexibility index (Phi) is 2.15. The summed E-state index contributed by atoms with van der Waals surface area (Å²) in [4.78, 5) is 12.7. The lowest BCUT2D eigenvalue weighted by molar-refractivity contribution is -0.127. The number of aliphatic hydroxyl groups excluding tert-OH is 1. The second-order valence-electron chi connectivity index (χ2n) is 3.15. The molecule has 0 spiro atoms. The van der Waals surface area contributed by atoms with Crippen molar-refractivity contribution in [3.8, 4) is 0 Å². The summed E-state index contributed by atoms with van der Waals surface area (Å²) in [5.74, 6) is -0.177. The van der Waals surface area contributed by atoms with Crippen LogP contribution in [0.2, 0.25) is 0 Å². The summed E-state index contributed by atoms with van der Waals surface area (Å²) in [5, 5.41) is 9.20. The molecular formula is C7H14N2O2. The lowest BCUT2D eigenvalue weighted by Gasteiger charge is -2.14. The zero-order valence-electron chi connectivity index (χ0n) is 6.82. The second-order valence-corrected chi connectivity index (χ2v) is 3.15. The minimum absolute atomic E-state index is 0.0732. The molecule has 1 heterocycles. The smallest absolute Gasteiger partial charge is 0.239 e. The van der Waals surface area contributed by atoms with Gasteiger partial charge in [-0.2, -0.15) is 0 Å². The lowest BCUT2D eigenvalue weighted by atomic mass is 9.99. The highest BCUT2D eigenvalue weighted by Crippen LogP contribution is 2.18. The maximum absolute atomic E-state index is 11.1. The normalized spacial score (nSPS) is 34.5. The molecule has 4 heteroatoms. The van der Waals surface area contributed by atoms with E-state index in [9.17, 15) is 9.90 Å². The number of likely N-dealkylation sites (N-methyl/N-ethyl adjacent to an activating group) is 1. The summed E-state index contributed by atoms with van der Waals surface area (Å²) < 4.78 is 0. The number of hydrogen-bond acceptors (Lipinski definition) is 3. The number of nitrogens with zero attached hydrogens (tertiary/aromatic N) is 1. The first-order valence-electron chi connectivity index (χ1n) is 3.72. The predicted molar refractivity (Wildman–Crippen MR) is 40.8 cm³/mol. The van der Waals surface area contributed by atoms with Crippen LogP contribution >= 0.6 is 0 Å². The molecule has 0 saturated carbocycles. The first-order valence-corrected chi connectivity index (χ1v) is 3.72. The van der Waals surface area contributed by atoms with Crippen molar-refractivity contribution in [2.24, 2.45) is 11.7 Å². The maximum atomic E-state index is 11.1. The Morgan fingerprint density at radius 2 is 2.36 bits per heavy atom. The van der Waals surface area contributed by atoms with Crippen LogP contribution in [0, 0.1) is 5.92 Å². The molecule has 0 aliphatic carbocycles. The summed E-state index contributed by atoms with van der Waals surface area (Å²) in [6, 6.07) is -0.514. The third-order valence-corrected chi connectivity index (χ3v) is 2.23. The topological polar surface area (TPSA) is 66.6 Å². The summed E-state index contributed by atoms with van der Waals surface area (Å²) in [5.41, 5.74) is 5.56. The van der Waals surface area contributed by atoms with Gasteiger partial charge in [0.1, 0.15) is 0 Å². The fourth-order valence-corrected chi connectivity index (χ4v) is 1.41. The summed E-state index contributed by atoms with van der Waals surface area (Å²) in [6.45, 7) is 2.23. The van der Waals surface area contributed by atoms with E-state index in [1.165, 1.54) is 0 Å². The molecule has 0 bridgehead atoms. The van der Waals surface area contributed by atoms with Gasteiger partial charge in [-0.05, 0) is 6.92 Å². The third-order valence-electron chi connectivity index (χ3n) is 2.23. The van der Waals surface area contributed by atoms with Crippen molar-refractivity contribution in [1.29, 1.82) is 0 Å². The van der Waals surface area contributed by atoms with Gasteiger partial charge < -0.3 is 15.7 Å². The highest BCUT2D eigenvalue weighted by molar-refractivity contribution is 5.84. The first kappa shape index (κ1) is 8.49. The zero-order chi connectivity index (χ0) is 8.59. The molecule has 0 aromatic rings. The van der Waals surface area contributed by atoms with Crippen molar-refractivity contribution in [3.63, 3.8) is 0 Å². The van der Waals surface area contributed by atoms with Crippen molar-refractivity contribution in [2.75, 3.05) is 13.6 Å². The number of carbonyl (C=O) groups excluding carboxylic acids is 1. The Bertz CT molecular complexity index is 170. The molecule has 1 fully saturated rings. The van der Waals surface area contributed by atoms with Crippen molar-refractivity contribution in [3.05, 3.63) is 0 Å². The maximum Gasteiger partial charge on any atom is 0.239 e. The molecule has 0 radical (unpaired) electrons. The predicted octanol–water partition coefficient (Wildman–Crippen LogP) is -1.22. The van der Waals surface area contributed by atoms with Crippen LogP contribution in [0.5, 0.6) is 0 Å². The van der Waals surface area contributed by atoms with Gasteiger partial charge in [-0.3, -0.25) is 4.79 Å². The van der Waals surface area contributed by atoms with Crippen LogP contribution in [0.15, 0.2) is 0 Å². The van der Waals surface area contributed by atoms with Crippen LogP contribution < -0.4 is 5.73 Å². The van der Waals surface area contributed by atoms with E-state index in [4.69, 9.17) is 5.73 Å². The first-order chi connectivity index (χ1) is 5.04. The molecule has 1 saturated heterocycles. The Morgan fingerprint density at radius 3 is 2.55 bits per heavy atom. The zero-order valence-corrected chi connectivity index (χ0v) is 6.82. The van der Waals surface area contributed by atoms with Crippen LogP contribution in [0.3, 0.4) is 0 Å². The SMILES string of the molecule is CC(O)C1CN(C)C(=O)C1N. The summed E-state index contributed by atoms with van der Waals surface area (Å²) >= 11 is 0. The highest BCUT2D eigenvalue weighted by Gasteiger charge is 2.38. The molecular weight excluding hydrogens is 144 g/mol. The number of rotatable bonds is 1. The Hall–Kier alpha value is -0.610. The summed E-state index contributed by atoms with van der Waals surface area (Å²) in [7, 11) is 1.70. The van der Waals surface area contributed by atoms with Gasteiger partial charge in [-0.25, -0.2) is 0 Å². The number of aliphatic hydroxyl groups is 1. The molecule has 3 unspecified atom stereocenters. The van der Waals surface area contributed by atoms with Crippen LogP contribution in [0.25, 0.3) is 0 Å². The molecule has 1 aliphatic rings. The molecule has 64 valence electrons. The molecule has 3 atom stereocenters. The van der Waals surface area contributed by atoms with Crippen molar-refractivity contribution >= 4 is 5.91 Å². The average molecular weight is 158 g/mol. The summed E-state index contributed by atoms with van der Waals surface area (Å²) in [6.07, 6.45) is -0.501. The number of nitrogens with two attached hydrogens (primary N) is 1. The van der Waals surface area contributed by atoms with Gasteiger partial charge in [0, 0.05) is 19.5 Å². The van der Waals surface area contributed by atoms with E-state index in [1.807, 2.05) is 0 Å². The Morgan fingerprint density at radius 1 is 1.82 bits per heavy atom. The quantitative estimate of drug-likeness (QED) is 0.503. The number of carbonyl (C=O) groups is 1. The molecule has 1 amide bonds. The van der Waals surface area contributed by atoms with Crippen LogP contribution in [-0.2, 0) is 4.79 Å². The molecule has 11 heavy (non-hydrogen) atoms. The van der Waals surface area contributed by atoms with E-state index in [-0.39, 0.29) is 11.8 Å². The van der Waals surface area contributed by atoms with Gasteiger partial charge in [-0.15, -0.1) is 0 Å². The fraction of sp³-hybridized carbons (Fsp3) is 0.857.